The van der Waals surface area contributed by atoms with Crippen molar-refractivity contribution >= 4 is 5.97 Å². The molecule has 0 radical (unpaired) electrons. The largest absolute Gasteiger partial charge is 0.481 e. The maximum atomic E-state index is 10.9. The number of carbonyl (C=O) groups is 1. The maximum absolute atomic E-state index is 10.9. The molecule has 4 aromatic rings. The van der Waals surface area contributed by atoms with Crippen LogP contribution in [-0.2, 0) is 24.4 Å². The van der Waals surface area contributed by atoms with Gasteiger partial charge in [0, 0.05) is 36.0 Å². The lowest BCUT2D eigenvalue weighted by molar-refractivity contribution is -0.136. The molecule has 0 aliphatic rings. The molecule has 0 aliphatic heterocycles. The van der Waals surface area contributed by atoms with Crippen LogP contribution in [0.25, 0.3) is 11.5 Å². The third kappa shape index (κ3) is 5.80. The zero-order chi connectivity index (χ0) is 23.9. The molecule has 0 saturated carbocycles. The Labute approximate surface area is 197 Å². The Bertz CT molecular complexity index is 1230. The fourth-order valence-electron chi connectivity index (χ4n) is 3.38. The van der Waals surface area contributed by atoms with Crippen LogP contribution in [0.2, 0.25) is 0 Å². The molecule has 3 heterocycles. The Morgan fingerprint density at radius 1 is 1.15 bits per heavy atom. The molecule has 9 heteroatoms. The lowest BCUT2D eigenvalue weighted by atomic mass is 10.2. The van der Waals surface area contributed by atoms with Crippen LogP contribution in [0.1, 0.15) is 35.9 Å². The van der Waals surface area contributed by atoms with E-state index in [1.807, 2.05) is 56.4 Å². The van der Waals surface area contributed by atoms with E-state index in [0.717, 1.165) is 22.4 Å². The lowest BCUT2D eigenvalue weighted by Crippen LogP contribution is -2.03. The van der Waals surface area contributed by atoms with Crippen molar-refractivity contribution in [2.45, 2.75) is 39.8 Å². The van der Waals surface area contributed by atoms with E-state index in [-0.39, 0.29) is 13.0 Å². The second kappa shape index (κ2) is 10.7. The quantitative estimate of drug-likeness (QED) is 0.351. The van der Waals surface area contributed by atoms with Gasteiger partial charge in [-0.05, 0) is 38.0 Å². The third-order valence-electron chi connectivity index (χ3n) is 5.10. The third-order valence-corrected chi connectivity index (χ3v) is 5.10. The van der Waals surface area contributed by atoms with E-state index in [9.17, 15) is 4.79 Å². The summed E-state index contributed by atoms with van der Waals surface area (Å²) in [6, 6.07) is 13.4. The summed E-state index contributed by atoms with van der Waals surface area (Å²) in [5.41, 5.74) is 3.33. The minimum atomic E-state index is -0.855. The minimum Gasteiger partial charge on any atom is -0.481 e. The Morgan fingerprint density at radius 2 is 1.97 bits per heavy atom. The van der Waals surface area contributed by atoms with Gasteiger partial charge >= 0.3 is 5.97 Å². The summed E-state index contributed by atoms with van der Waals surface area (Å²) in [5.74, 6) is 1.36. The summed E-state index contributed by atoms with van der Waals surface area (Å²) in [6.45, 7) is 4.91. The number of rotatable bonds is 11. The molecule has 0 saturated heterocycles. The summed E-state index contributed by atoms with van der Waals surface area (Å²) < 4.78 is 18.8. The highest BCUT2D eigenvalue weighted by molar-refractivity contribution is 5.67. The van der Waals surface area contributed by atoms with Crippen LogP contribution in [-0.4, -0.2) is 37.4 Å². The molecule has 0 amide bonds. The topological polar surface area (TPSA) is 113 Å². The normalized spacial score (nSPS) is 10.9. The Hall–Kier alpha value is -4.14. The molecular weight excluding hydrogens is 436 g/mol. The summed E-state index contributed by atoms with van der Waals surface area (Å²) in [7, 11) is 0. The molecule has 0 aliphatic carbocycles. The zero-order valence-corrected chi connectivity index (χ0v) is 19.1. The molecule has 3 aromatic heterocycles. The summed E-state index contributed by atoms with van der Waals surface area (Å²) in [6.07, 6.45) is 3.93. The number of aromatic nitrogens is 4. The number of pyridine rings is 1. The number of carboxylic acids is 1. The van der Waals surface area contributed by atoms with Crippen molar-refractivity contribution in [3.63, 3.8) is 0 Å². The van der Waals surface area contributed by atoms with E-state index in [4.69, 9.17) is 19.0 Å². The van der Waals surface area contributed by atoms with Gasteiger partial charge in [0.05, 0.1) is 13.2 Å². The Balaban J connectivity index is 1.37. The number of aliphatic carboxylic acids is 1. The van der Waals surface area contributed by atoms with Crippen LogP contribution in [0.4, 0.5) is 0 Å². The highest BCUT2D eigenvalue weighted by Gasteiger charge is 2.14. The second-order valence-corrected chi connectivity index (χ2v) is 7.67. The van der Waals surface area contributed by atoms with E-state index < -0.39 is 5.97 Å². The van der Waals surface area contributed by atoms with Gasteiger partial charge in [-0.1, -0.05) is 24.3 Å². The minimum absolute atomic E-state index is 0.0250. The van der Waals surface area contributed by atoms with E-state index in [1.165, 1.54) is 0 Å². The van der Waals surface area contributed by atoms with Gasteiger partial charge in [0.25, 0.3) is 0 Å². The molecule has 0 spiro atoms. The van der Waals surface area contributed by atoms with Crippen molar-refractivity contribution in [2.24, 2.45) is 0 Å². The summed E-state index contributed by atoms with van der Waals surface area (Å²) >= 11 is 0. The zero-order valence-electron chi connectivity index (χ0n) is 19.1. The van der Waals surface area contributed by atoms with Gasteiger partial charge in [-0.3, -0.25) is 9.48 Å². The number of hydrogen-bond acceptors (Lipinski definition) is 7. The van der Waals surface area contributed by atoms with Gasteiger partial charge in [-0.15, -0.1) is 5.10 Å². The average molecular weight is 463 g/mol. The van der Waals surface area contributed by atoms with Crippen LogP contribution in [0.3, 0.4) is 0 Å². The Morgan fingerprint density at radius 3 is 2.68 bits per heavy atom. The number of oxazole rings is 1. The van der Waals surface area contributed by atoms with Gasteiger partial charge in [-0.2, -0.15) is 0 Å². The van der Waals surface area contributed by atoms with E-state index in [2.05, 4.69) is 15.1 Å². The average Bonchev–Trinajstić information content (AvgIpc) is 3.40. The first-order chi connectivity index (χ1) is 16.5. The van der Waals surface area contributed by atoms with Gasteiger partial charge < -0.3 is 19.0 Å². The summed E-state index contributed by atoms with van der Waals surface area (Å²) in [4.78, 5) is 19.8. The Kier molecular flexibility index (Phi) is 7.22. The lowest BCUT2D eigenvalue weighted by Gasteiger charge is -2.05. The molecule has 1 N–H and O–H groups in total. The standard InChI is InChI=1S/C25H26N4O5/c1-3-32-25-20(10-12-23(30)31)15-29(28-25)14-18-9-11-22(26-13-18)33-16-21-17(2)34-24(27-21)19-7-5-4-6-8-19/h4-9,11,13,15H,3,10,12,14,16H2,1-2H3,(H,30,31). The van der Waals surface area contributed by atoms with E-state index >= 15 is 0 Å². The predicted molar refractivity (Wildman–Crippen MR) is 124 cm³/mol. The number of ether oxygens (including phenoxy) is 2. The summed E-state index contributed by atoms with van der Waals surface area (Å²) in [5, 5.41) is 13.4. The molecule has 0 bridgehead atoms. The van der Waals surface area contributed by atoms with Crippen molar-refractivity contribution in [2.75, 3.05) is 6.61 Å². The van der Waals surface area contributed by atoms with Crippen molar-refractivity contribution in [1.82, 2.24) is 19.7 Å². The fourth-order valence-corrected chi connectivity index (χ4v) is 3.38. The van der Waals surface area contributed by atoms with Gasteiger partial charge in [-0.25, -0.2) is 9.97 Å². The molecule has 9 nitrogen and oxygen atoms in total. The molecule has 0 unspecified atom stereocenters. The molecule has 0 atom stereocenters. The predicted octanol–water partition coefficient (Wildman–Crippen LogP) is 4.28. The second-order valence-electron chi connectivity index (χ2n) is 7.67. The highest BCUT2D eigenvalue weighted by Crippen LogP contribution is 2.23. The number of carboxylic acid groups (broad SMARTS) is 1. The number of nitrogens with zero attached hydrogens (tertiary/aromatic N) is 4. The van der Waals surface area contributed by atoms with Crippen molar-refractivity contribution in [3.05, 3.63) is 77.4 Å². The highest BCUT2D eigenvalue weighted by atomic mass is 16.5. The first-order valence-corrected chi connectivity index (χ1v) is 11.0. The van der Waals surface area contributed by atoms with Crippen LogP contribution in [0.15, 0.2) is 59.3 Å². The van der Waals surface area contributed by atoms with E-state index in [0.29, 0.717) is 43.0 Å². The molecule has 34 heavy (non-hydrogen) atoms. The molecule has 0 fully saturated rings. The number of hydrogen-bond donors (Lipinski definition) is 1. The SMILES string of the molecule is CCOc1nn(Cc2ccc(OCc3nc(-c4ccccc4)oc3C)nc2)cc1CCC(=O)O. The monoisotopic (exact) mass is 462 g/mol. The van der Waals surface area contributed by atoms with Crippen LogP contribution in [0.5, 0.6) is 11.8 Å². The number of benzene rings is 1. The van der Waals surface area contributed by atoms with Crippen molar-refractivity contribution < 1.29 is 23.8 Å². The fraction of sp³-hybridized carbons (Fsp3) is 0.280. The first-order valence-electron chi connectivity index (χ1n) is 11.0. The van der Waals surface area contributed by atoms with Gasteiger partial charge in [0.1, 0.15) is 18.1 Å². The van der Waals surface area contributed by atoms with Crippen LogP contribution < -0.4 is 9.47 Å². The van der Waals surface area contributed by atoms with E-state index in [1.54, 1.807) is 16.9 Å². The first kappa shape index (κ1) is 23.0. The molecule has 1 aromatic carbocycles. The maximum Gasteiger partial charge on any atom is 0.303 e. The number of aryl methyl sites for hydroxylation is 2. The van der Waals surface area contributed by atoms with Crippen LogP contribution >= 0.6 is 0 Å². The molecular formula is C25H26N4O5. The molecule has 4 rings (SSSR count). The van der Waals surface area contributed by atoms with Gasteiger partial charge in [0.2, 0.25) is 17.7 Å². The smallest absolute Gasteiger partial charge is 0.303 e. The molecule has 176 valence electrons. The van der Waals surface area contributed by atoms with Crippen LogP contribution in [0, 0.1) is 6.92 Å². The van der Waals surface area contributed by atoms with Gasteiger partial charge in [0.15, 0.2) is 0 Å². The van der Waals surface area contributed by atoms with Crippen molar-refractivity contribution in [1.29, 1.82) is 0 Å². The van der Waals surface area contributed by atoms with Crippen molar-refractivity contribution in [3.8, 4) is 23.2 Å².